The third-order valence-electron chi connectivity index (χ3n) is 2.43. The predicted octanol–water partition coefficient (Wildman–Crippen LogP) is 2.03. The Balaban J connectivity index is 2.44. The first-order valence-electron chi connectivity index (χ1n) is 5.07. The normalized spacial score (nSPS) is 12.0. The molecule has 1 heterocycles. The van der Waals surface area contributed by atoms with Crippen LogP contribution in [0.5, 0.6) is 0 Å². The van der Waals surface area contributed by atoms with Crippen molar-refractivity contribution in [3.63, 3.8) is 0 Å². The first-order valence-corrected chi connectivity index (χ1v) is 6.19. The SMILES string of the molecule is COC(C)(C)CCn1cc(CCBr)nn1. The molecule has 1 aromatic heterocycles. The van der Waals surface area contributed by atoms with Gasteiger partial charge in [0.25, 0.3) is 0 Å². The van der Waals surface area contributed by atoms with Gasteiger partial charge in [0.2, 0.25) is 0 Å². The summed E-state index contributed by atoms with van der Waals surface area (Å²) in [6, 6.07) is 0. The Morgan fingerprint density at radius 1 is 1.53 bits per heavy atom. The van der Waals surface area contributed by atoms with Crippen molar-refractivity contribution in [2.75, 3.05) is 12.4 Å². The fourth-order valence-electron chi connectivity index (χ4n) is 1.15. The zero-order valence-corrected chi connectivity index (χ0v) is 11.1. The van der Waals surface area contributed by atoms with Crippen molar-refractivity contribution in [2.24, 2.45) is 0 Å². The van der Waals surface area contributed by atoms with E-state index in [1.54, 1.807) is 7.11 Å². The van der Waals surface area contributed by atoms with E-state index in [-0.39, 0.29) is 5.60 Å². The summed E-state index contributed by atoms with van der Waals surface area (Å²) in [5.41, 5.74) is 0.934. The number of rotatable bonds is 6. The Labute approximate surface area is 99.1 Å². The van der Waals surface area contributed by atoms with Crippen molar-refractivity contribution in [1.82, 2.24) is 15.0 Å². The van der Waals surface area contributed by atoms with Crippen molar-refractivity contribution >= 4 is 15.9 Å². The number of hydrogen-bond acceptors (Lipinski definition) is 3. The first-order chi connectivity index (χ1) is 7.07. The van der Waals surface area contributed by atoms with E-state index < -0.39 is 0 Å². The lowest BCUT2D eigenvalue weighted by atomic mass is 10.1. The number of ether oxygens (including phenoxy) is 1. The van der Waals surface area contributed by atoms with Crippen molar-refractivity contribution in [2.45, 2.75) is 38.8 Å². The minimum atomic E-state index is -0.0957. The highest BCUT2D eigenvalue weighted by atomic mass is 79.9. The topological polar surface area (TPSA) is 39.9 Å². The highest BCUT2D eigenvalue weighted by molar-refractivity contribution is 9.09. The van der Waals surface area contributed by atoms with Crippen LogP contribution >= 0.6 is 15.9 Å². The van der Waals surface area contributed by atoms with Crippen LogP contribution < -0.4 is 0 Å². The van der Waals surface area contributed by atoms with E-state index in [1.165, 1.54) is 0 Å². The Morgan fingerprint density at radius 2 is 2.27 bits per heavy atom. The molecular weight excluding hydrogens is 258 g/mol. The molecule has 0 fully saturated rings. The molecule has 0 spiro atoms. The van der Waals surface area contributed by atoms with Gasteiger partial charge in [-0.1, -0.05) is 21.1 Å². The van der Waals surface area contributed by atoms with Gasteiger partial charge in [0.1, 0.15) is 0 Å². The van der Waals surface area contributed by atoms with Crippen molar-refractivity contribution in [1.29, 1.82) is 0 Å². The third-order valence-corrected chi connectivity index (χ3v) is 2.83. The molecule has 4 nitrogen and oxygen atoms in total. The molecule has 0 atom stereocenters. The molecule has 1 aromatic rings. The molecule has 0 aliphatic rings. The molecule has 15 heavy (non-hydrogen) atoms. The van der Waals surface area contributed by atoms with Crippen LogP contribution in [-0.2, 0) is 17.7 Å². The van der Waals surface area contributed by atoms with Gasteiger partial charge < -0.3 is 4.74 Å². The first kappa shape index (κ1) is 12.6. The second-order valence-electron chi connectivity index (χ2n) is 4.13. The van der Waals surface area contributed by atoms with E-state index >= 15 is 0 Å². The number of methoxy groups -OCH3 is 1. The van der Waals surface area contributed by atoms with Gasteiger partial charge >= 0.3 is 0 Å². The molecule has 0 aliphatic heterocycles. The van der Waals surface area contributed by atoms with Crippen LogP contribution in [0.15, 0.2) is 6.20 Å². The number of nitrogens with zero attached hydrogens (tertiary/aromatic N) is 3. The molecule has 0 amide bonds. The maximum absolute atomic E-state index is 5.34. The summed E-state index contributed by atoms with van der Waals surface area (Å²) in [4.78, 5) is 0. The van der Waals surface area contributed by atoms with Gasteiger partial charge in [-0.15, -0.1) is 5.10 Å². The Bertz CT molecular complexity index is 299. The van der Waals surface area contributed by atoms with Crippen LogP contribution in [-0.4, -0.2) is 33.0 Å². The van der Waals surface area contributed by atoms with Crippen LogP contribution in [0.1, 0.15) is 26.0 Å². The highest BCUT2D eigenvalue weighted by Crippen LogP contribution is 2.13. The quantitative estimate of drug-likeness (QED) is 0.746. The fourth-order valence-corrected chi connectivity index (χ4v) is 1.55. The molecule has 86 valence electrons. The number of aromatic nitrogens is 3. The maximum atomic E-state index is 5.34. The molecule has 0 unspecified atom stereocenters. The van der Waals surface area contributed by atoms with Crippen LogP contribution in [0.3, 0.4) is 0 Å². The van der Waals surface area contributed by atoms with Crippen molar-refractivity contribution < 1.29 is 4.74 Å². The number of alkyl halides is 1. The summed E-state index contributed by atoms with van der Waals surface area (Å²) in [7, 11) is 1.73. The highest BCUT2D eigenvalue weighted by Gasteiger charge is 2.16. The van der Waals surface area contributed by atoms with Crippen LogP contribution in [0.4, 0.5) is 0 Å². The molecule has 1 rings (SSSR count). The zero-order chi connectivity index (χ0) is 11.3. The molecule has 0 radical (unpaired) electrons. The van der Waals surface area contributed by atoms with Gasteiger partial charge in [-0.25, -0.2) is 0 Å². The Hall–Kier alpha value is -0.420. The number of hydrogen-bond donors (Lipinski definition) is 0. The van der Waals surface area contributed by atoms with Gasteiger partial charge in [-0.3, -0.25) is 4.68 Å². The van der Waals surface area contributed by atoms with Crippen molar-refractivity contribution in [3.05, 3.63) is 11.9 Å². The van der Waals surface area contributed by atoms with Gasteiger partial charge in [0.15, 0.2) is 0 Å². The van der Waals surface area contributed by atoms with E-state index in [9.17, 15) is 0 Å². The average molecular weight is 276 g/mol. The monoisotopic (exact) mass is 275 g/mol. The number of halogens is 1. The Morgan fingerprint density at radius 3 is 2.87 bits per heavy atom. The van der Waals surface area contributed by atoms with Gasteiger partial charge in [0.05, 0.1) is 11.3 Å². The standard InChI is InChI=1S/C10H18BrN3O/c1-10(2,15-3)5-7-14-8-9(4-6-11)12-13-14/h8H,4-7H2,1-3H3. The molecular formula is C10H18BrN3O. The minimum Gasteiger partial charge on any atom is -0.379 e. The van der Waals surface area contributed by atoms with E-state index in [4.69, 9.17) is 4.74 Å². The molecule has 0 bridgehead atoms. The lowest BCUT2D eigenvalue weighted by Gasteiger charge is -2.22. The average Bonchev–Trinajstić information content (AvgIpc) is 2.64. The van der Waals surface area contributed by atoms with E-state index in [2.05, 4.69) is 40.1 Å². The van der Waals surface area contributed by atoms with Crippen LogP contribution in [0.25, 0.3) is 0 Å². The summed E-state index contributed by atoms with van der Waals surface area (Å²) in [6.07, 6.45) is 3.85. The van der Waals surface area contributed by atoms with E-state index in [1.807, 2.05) is 10.9 Å². The number of aryl methyl sites for hydroxylation is 2. The van der Waals surface area contributed by atoms with Crippen molar-refractivity contribution in [3.8, 4) is 0 Å². The summed E-state index contributed by atoms with van der Waals surface area (Å²) >= 11 is 3.38. The third kappa shape index (κ3) is 4.30. The summed E-state index contributed by atoms with van der Waals surface area (Å²) in [5, 5.41) is 9.06. The second kappa shape index (κ2) is 5.61. The lowest BCUT2D eigenvalue weighted by molar-refractivity contribution is 0.0112. The fraction of sp³-hybridized carbons (Fsp3) is 0.800. The molecule has 0 saturated heterocycles. The van der Waals surface area contributed by atoms with Gasteiger partial charge in [0, 0.05) is 31.6 Å². The zero-order valence-electron chi connectivity index (χ0n) is 9.53. The molecule has 0 aromatic carbocycles. The predicted molar refractivity (Wildman–Crippen MR) is 63.2 cm³/mol. The van der Waals surface area contributed by atoms with Gasteiger partial charge in [-0.05, 0) is 20.3 Å². The molecule has 0 aliphatic carbocycles. The van der Waals surface area contributed by atoms with E-state index in [0.717, 1.165) is 30.4 Å². The summed E-state index contributed by atoms with van der Waals surface area (Å²) < 4.78 is 7.22. The molecule has 0 saturated carbocycles. The second-order valence-corrected chi connectivity index (χ2v) is 4.92. The molecule has 0 N–H and O–H groups in total. The molecule has 5 heteroatoms. The largest absolute Gasteiger partial charge is 0.379 e. The van der Waals surface area contributed by atoms with E-state index in [0.29, 0.717) is 0 Å². The minimum absolute atomic E-state index is 0.0957. The maximum Gasteiger partial charge on any atom is 0.0835 e. The Kier molecular flexibility index (Phi) is 4.73. The van der Waals surface area contributed by atoms with Crippen LogP contribution in [0, 0.1) is 0 Å². The summed E-state index contributed by atoms with van der Waals surface area (Å²) in [6.45, 7) is 4.99. The lowest BCUT2D eigenvalue weighted by Crippen LogP contribution is -2.24. The summed E-state index contributed by atoms with van der Waals surface area (Å²) in [5.74, 6) is 0. The smallest absolute Gasteiger partial charge is 0.0835 e. The van der Waals surface area contributed by atoms with Crippen LogP contribution in [0.2, 0.25) is 0 Å². The van der Waals surface area contributed by atoms with Gasteiger partial charge in [-0.2, -0.15) is 0 Å².